The number of hydrogen-bond donors (Lipinski definition) is 0. The van der Waals surface area contributed by atoms with Crippen molar-refractivity contribution >= 4 is 22.4 Å². The number of rotatable bonds is 3. The molecule has 1 heteroatoms. The Balaban J connectivity index is 1.56. The van der Waals surface area contributed by atoms with Crippen LogP contribution in [-0.2, 0) is 5.41 Å². The molecule has 0 nitrogen and oxygen atoms in total. The van der Waals surface area contributed by atoms with Crippen molar-refractivity contribution < 1.29 is 0 Å². The van der Waals surface area contributed by atoms with E-state index in [0.29, 0.717) is 0 Å². The Morgan fingerprint density at radius 1 is 0.417 bits per heavy atom. The van der Waals surface area contributed by atoms with E-state index in [0.717, 1.165) is 16.1 Å². The highest BCUT2D eigenvalue weighted by molar-refractivity contribution is 6.33. The predicted octanol–water partition coefficient (Wildman–Crippen LogP) is 9.52. The molecule has 0 spiro atoms. The van der Waals surface area contributed by atoms with Gasteiger partial charge in [-0.1, -0.05) is 133 Å². The van der Waals surface area contributed by atoms with Crippen molar-refractivity contribution in [3.63, 3.8) is 0 Å². The second kappa shape index (κ2) is 8.22. The lowest BCUT2D eigenvalue weighted by atomic mass is 9.67. The fraction of sp³-hybridized carbons (Fsp3) is 0.0286. The average molecular weight is 479 g/mol. The van der Waals surface area contributed by atoms with E-state index >= 15 is 0 Å². The van der Waals surface area contributed by atoms with Gasteiger partial charge in [0.1, 0.15) is 0 Å². The van der Waals surface area contributed by atoms with Crippen molar-refractivity contribution in [1.82, 2.24) is 0 Å². The van der Waals surface area contributed by atoms with Gasteiger partial charge in [-0.05, 0) is 67.9 Å². The maximum Gasteiger partial charge on any atom is 0.0713 e. The van der Waals surface area contributed by atoms with Gasteiger partial charge >= 0.3 is 0 Å². The molecule has 1 atom stereocenters. The Morgan fingerprint density at radius 2 is 1.00 bits per heavy atom. The summed E-state index contributed by atoms with van der Waals surface area (Å²) in [7, 11) is 0. The minimum atomic E-state index is -0.407. The van der Waals surface area contributed by atoms with E-state index in [4.69, 9.17) is 11.6 Å². The molecule has 0 amide bonds. The molecule has 0 radical (unpaired) electrons. The third-order valence-electron chi connectivity index (χ3n) is 7.62. The van der Waals surface area contributed by atoms with E-state index < -0.39 is 5.41 Å². The van der Waals surface area contributed by atoms with Gasteiger partial charge in [-0.3, -0.25) is 0 Å². The topological polar surface area (TPSA) is 0 Å². The maximum atomic E-state index is 6.54. The van der Waals surface area contributed by atoms with Crippen LogP contribution in [0.25, 0.3) is 33.0 Å². The van der Waals surface area contributed by atoms with Gasteiger partial charge in [-0.2, -0.15) is 0 Å². The molecule has 0 saturated carbocycles. The first kappa shape index (κ1) is 21.2. The van der Waals surface area contributed by atoms with Crippen LogP contribution in [0.1, 0.15) is 22.3 Å². The molecule has 7 rings (SSSR count). The third kappa shape index (κ3) is 3.02. The predicted molar refractivity (Wildman–Crippen MR) is 152 cm³/mol. The molecule has 0 N–H and O–H groups in total. The monoisotopic (exact) mass is 478 g/mol. The van der Waals surface area contributed by atoms with Crippen molar-refractivity contribution in [1.29, 1.82) is 0 Å². The van der Waals surface area contributed by atoms with E-state index in [1.807, 2.05) is 18.2 Å². The highest BCUT2D eigenvalue weighted by atomic mass is 35.5. The first-order valence-electron chi connectivity index (χ1n) is 12.3. The van der Waals surface area contributed by atoms with Gasteiger partial charge in [0.05, 0.1) is 5.41 Å². The van der Waals surface area contributed by atoms with Crippen LogP contribution in [0.15, 0.2) is 140 Å². The summed E-state index contributed by atoms with van der Waals surface area (Å²) in [6, 6.07) is 50.3. The first-order chi connectivity index (χ1) is 17.8. The van der Waals surface area contributed by atoms with Crippen LogP contribution in [0.2, 0.25) is 5.02 Å². The molecule has 170 valence electrons. The molecular weight excluding hydrogens is 456 g/mol. The highest BCUT2D eigenvalue weighted by Gasteiger charge is 2.46. The molecule has 0 heterocycles. The van der Waals surface area contributed by atoms with Gasteiger partial charge < -0.3 is 0 Å². The molecule has 0 bridgehead atoms. The second-order valence-corrected chi connectivity index (χ2v) is 9.87. The summed E-state index contributed by atoms with van der Waals surface area (Å²) in [5.74, 6) is 0. The van der Waals surface area contributed by atoms with Gasteiger partial charge in [0.25, 0.3) is 0 Å². The molecule has 0 saturated heterocycles. The van der Waals surface area contributed by atoms with Crippen LogP contribution < -0.4 is 0 Å². The van der Waals surface area contributed by atoms with Crippen molar-refractivity contribution in [2.24, 2.45) is 0 Å². The lowest BCUT2D eigenvalue weighted by Crippen LogP contribution is -2.28. The summed E-state index contributed by atoms with van der Waals surface area (Å²) in [5.41, 5.74) is 9.57. The van der Waals surface area contributed by atoms with E-state index in [9.17, 15) is 0 Å². The van der Waals surface area contributed by atoms with Gasteiger partial charge in [-0.25, -0.2) is 0 Å². The molecule has 6 aromatic rings. The SMILES string of the molecule is Clc1ccccc1-c1ccc(C2(c3ccccc3)c3ccccc3-c3cc4ccccc4cc32)cc1. The molecular formula is C35H23Cl. The number of benzene rings is 6. The summed E-state index contributed by atoms with van der Waals surface area (Å²) < 4.78 is 0. The molecule has 0 fully saturated rings. The normalized spacial score (nSPS) is 16.0. The Hall–Kier alpha value is -4.13. The molecule has 1 unspecified atom stereocenters. The van der Waals surface area contributed by atoms with Crippen LogP contribution in [0.5, 0.6) is 0 Å². The van der Waals surface area contributed by atoms with Crippen molar-refractivity contribution in [3.8, 4) is 22.3 Å². The van der Waals surface area contributed by atoms with Gasteiger partial charge in [0.15, 0.2) is 0 Å². The number of hydrogen-bond acceptors (Lipinski definition) is 0. The Labute approximate surface area is 216 Å². The zero-order valence-electron chi connectivity index (χ0n) is 19.7. The smallest absolute Gasteiger partial charge is 0.0713 e. The summed E-state index contributed by atoms with van der Waals surface area (Å²) >= 11 is 6.54. The largest absolute Gasteiger partial charge is 0.0837 e. The molecule has 0 aliphatic heterocycles. The van der Waals surface area contributed by atoms with Crippen LogP contribution >= 0.6 is 11.6 Å². The quantitative estimate of drug-likeness (QED) is 0.237. The van der Waals surface area contributed by atoms with Gasteiger partial charge in [-0.15, -0.1) is 0 Å². The van der Waals surface area contributed by atoms with Crippen LogP contribution in [0.3, 0.4) is 0 Å². The number of fused-ring (bicyclic) bond motifs is 4. The molecule has 6 aromatic carbocycles. The van der Waals surface area contributed by atoms with Gasteiger partial charge in [0.2, 0.25) is 0 Å². The fourth-order valence-electron chi connectivity index (χ4n) is 6.04. The van der Waals surface area contributed by atoms with E-state index in [2.05, 4.69) is 121 Å². The standard InChI is InChI=1S/C35H23Cl/c36-34-17-9-7-14-29(34)24-18-20-28(21-19-24)35(27-12-2-1-3-13-27)32-16-8-6-15-30(32)31-22-25-10-4-5-11-26(25)23-33(31)35/h1-23H. The summed E-state index contributed by atoms with van der Waals surface area (Å²) in [5, 5.41) is 3.30. The summed E-state index contributed by atoms with van der Waals surface area (Å²) in [6.07, 6.45) is 0. The van der Waals surface area contributed by atoms with Crippen molar-refractivity contribution in [2.45, 2.75) is 5.41 Å². The molecule has 1 aliphatic carbocycles. The molecule has 0 aromatic heterocycles. The average Bonchev–Trinajstić information content (AvgIpc) is 3.23. The Morgan fingerprint density at radius 3 is 1.75 bits per heavy atom. The van der Waals surface area contributed by atoms with E-state index in [1.165, 1.54) is 44.2 Å². The van der Waals surface area contributed by atoms with E-state index in [1.54, 1.807) is 0 Å². The summed E-state index contributed by atoms with van der Waals surface area (Å²) in [6.45, 7) is 0. The Kier molecular flexibility index (Phi) is 4.84. The second-order valence-electron chi connectivity index (χ2n) is 9.46. The molecule has 1 aliphatic rings. The van der Waals surface area contributed by atoms with Crippen molar-refractivity contribution in [3.05, 3.63) is 167 Å². The highest BCUT2D eigenvalue weighted by Crippen LogP contribution is 2.56. The first-order valence-corrected chi connectivity index (χ1v) is 12.7. The third-order valence-corrected chi connectivity index (χ3v) is 7.95. The minimum absolute atomic E-state index is 0.407. The van der Waals surface area contributed by atoms with Crippen LogP contribution in [0.4, 0.5) is 0 Å². The zero-order valence-corrected chi connectivity index (χ0v) is 20.4. The number of halogens is 1. The molecule has 36 heavy (non-hydrogen) atoms. The van der Waals surface area contributed by atoms with Crippen LogP contribution in [0, 0.1) is 0 Å². The lowest BCUT2D eigenvalue weighted by Gasteiger charge is -2.34. The maximum absolute atomic E-state index is 6.54. The fourth-order valence-corrected chi connectivity index (χ4v) is 6.28. The van der Waals surface area contributed by atoms with Crippen molar-refractivity contribution in [2.75, 3.05) is 0 Å². The zero-order chi connectivity index (χ0) is 24.1. The van der Waals surface area contributed by atoms with Crippen LogP contribution in [-0.4, -0.2) is 0 Å². The summed E-state index contributed by atoms with van der Waals surface area (Å²) in [4.78, 5) is 0. The van der Waals surface area contributed by atoms with E-state index in [-0.39, 0.29) is 0 Å². The Bertz CT molecular complexity index is 1730. The lowest BCUT2D eigenvalue weighted by molar-refractivity contribution is 0.769. The van der Waals surface area contributed by atoms with Gasteiger partial charge in [0, 0.05) is 10.6 Å². The minimum Gasteiger partial charge on any atom is -0.0837 e.